The zero-order valence-corrected chi connectivity index (χ0v) is 9.53. The Morgan fingerprint density at radius 3 is 2.69 bits per heavy atom. The average Bonchev–Trinajstić information content (AvgIpc) is 2.57. The first-order valence-electron chi connectivity index (χ1n) is 4.83. The lowest BCUT2D eigenvalue weighted by atomic mass is 10.1. The van der Waals surface area contributed by atoms with E-state index in [0.29, 0.717) is 5.56 Å². The van der Waals surface area contributed by atoms with Gasteiger partial charge in [-0.3, -0.25) is 0 Å². The number of nitrogens with two attached hydrogens (primary N) is 1. The van der Waals surface area contributed by atoms with Crippen LogP contribution in [-0.4, -0.2) is 11.6 Å². The van der Waals surface area contributed by atoms with Gasteiger partial charge in [0.2, 0.25) is 5.76 Å². The Morgan fingerprint density at radius 2 is 2.25 bits per heavy atom. The molecule has 0 bridgehead atoms. The number of esters is 1. The van der Waals surface area contributed by atoms with E-state index in [4.69, 9.17) is 20.1 Å². The van der Waals surface area contributed by atoms with Crippen molar-refractivity contribution in [1.29, 1.82) is 5.26 Å². The minimum atomic E-state index is -0.590. The molecule has 0 saturated heterocycles. The van der Waals surface area contributed by atoms with Crippen LogP contribution >= 0.6 is 0 Å². The molecule has 0 amide bonds. The van der Waals surface area contributed by atoms with Crippen molar-refractivity contribution in [3.8, 4) is 6.07 Å². The Hall–Kier alpha value is -1.80. The summed E-state index contributed by atoms with van der Waals surface area (Å²) in [6.45, 7) is 5.35. The van der Waals surface area contributed by atoms with Crippen LogP contribution in [0.1, 0.15) is 42.5 Å². The van der Waals surface area contributed by atoms with E-state index in [2.05, 4.69) is 0 Å². The van der Waals surface area contributed by atoms with Gasteiger partial charge < -0.3 is 14.9 Å². The van der Waals surface area contributed by atoms with Crippen LogP contribution < -0.4 is 5.73 Å². The number of ether oxygens (including phenoxy) is 1. The lowest BCUT2D eigenvalue weighted by molar-refractivity contribution is 0.00678. The summed E-state index contributed by atoms with van der Waals surface area (Å²) in [4.78, 5) is 11.7. The summed E-state index contributed by atoms with van der Waals surface area (Å²) in [5.41, 5.74) is 5.47. The van der Waals surface area contributed by atoms with Gasteiger partial charge in [-0.25, -0.2) is 4.79 Å². The average molecular weight is 222 g/mol. The SMILES string of the molecule is CC(C)(C)OC(=O)c1coc(C#N)c1CN. The molecule has 86 valence electrons. The van der Waals surface area contributed by atoms with Crippen LogP contribution in [0, 0.1) is 11.3 Å². The molecule has 0 fully saturated rings. The second-order valence-electron chi connectivity index (χ2n) is 4.27. The van der Waals surface area contributed by atoms with Crippen molar-refractivity contribution in [1.82, 2.24) is 0 Å². The van der Waals surface area contributed by atoms with Gasteiger partial charge in [-0.05, 0) is 20.8 Å². The Morgan fingerprint density at radius 1 is 1.62 bits per heavy atom. The molecule has 2 N–H and O–H groups in total. The Balaban J connectivity index is 3.01. The fourth-order valence-electron chi connectivity index (χ4n) is 1.18. The van der Waals surface area contributed by atoms with E-state index in [0.717, 1.165) is 0 Å². The van der Waals surface area contributed by atoms with E-state index < -0.39 is 11.6 Å². The van der Waals surface area contributed by atoms with Crippen molar-refractivity contribution in [2.75, 3.05) is 0 Å². The summed E-state index contributed by atoms with van der Waals surface area (Å²) >= 11 is 0. The molecule has 0 aliphatic heterocycles. The van der Waals surface area contributed by atoms with Gasteiger partial charge in [-0.2, -0.15) is 5.26 Å². The molecular formula is C11H14N2O3. The van der Waals surface area contributed by atoms with Crippen LogP contribution in [-0.2, 0) is 11.3 Å². The molecule has 1 aromatic rings. The number of nitriles is 1. The van der Waals surface area contributed by atoms with Crippen molar-refractivity contribution in [3.05, 3.63) is 23.2 Å². The van der Waals surface area contributed by atoms with Gasteiger partial charge in [-0.1, -0.05) is 0 Å². The number of hydrogen-bond donors (Lipinski definition) is 1. The zero-order valence-electron chi connectivity index (χ0n) is 9.53. The minimum Gasteiger partial charge on any atom is -0.456 e. The highest BCUT2D eigenvalue weighted by atomic mass is 16.6. The molecule has 1 heterocycles. The van der Waals surface area contributed by atoms with Crippen molar-refractivity contribution in [2.45, 2.75) is 32.9 Å². The first kappa shape index (κ1) is 12.3. The smallest absolute Gasteiger partial charge is 0.342 e. The van der Waals surface area contributed by atoms with Crippen LogP contribution in [0.2, 0.25) is 0 Å². The van der Waals surface area contributed by atoms with Crippen LogP contribution in [0.3, 0.4) is 0 Å². The molecule has 16 heavy (non-hydrogen) atoms. The van der Waals surface area contributed by atoms with Gasteiger partial charge >= 0.3 is 5.97 Å². The first-order chi connectivity index (χ1) is 7.39. The number of nitrogens with zero attached hydrogens (tertiary/aromatic N) is 1. The van der Waals surface area contributed by atoms with E-state index in [1.165, 1.54) is 6.26 Å². The van der Waals surface area contributed by atoms with Gasteiger partial charge in [0, 0.05) is 12.1 Å². The van der Waals surface area contributed by atoms with Crippen molar-refractivity contribution < 1.29 is 13.9 Å². The Kier molecular flexibility index (Phi) is 3.35. The number of carbonyl (C=O) groups is 1. The van der Waals surface area contributed by atoms with Crippen LogP contribution in [0.25, 0.3) is 0 Å². The van der Waals surface area contributed by atoms with Crippen LogP contribution in [0.4, 0.5) is 0 Å². The lowest BCUT2D eigenvalue weighted by Crippen LogP contribution is -2.24. The summed E-state index contributed by atoms with van der Waals surface area (Å²) < 4.78 is 10.1. The predicted molar refractivity (Wildman–Crippen MR) is 56.5 cm³/mol. The Labute approximate surface area is 93.8 Å². The maximum Gasteiger partial charge on any atom is 0.342 e. The molecule has 0 aromatic carbocycles. The maximum atomic E-state index is 11.7. The third-order valence-corrected chi connectivity index (χ3v) is 1.82. The van der Waals surface area contributed by atoms with E-state index >= 15 is 0 Å². The van der Waals surface area contributed by atoms with E-state index in [9.17, 15) is 4.79 Å². The first-order valence-corrected chi connectivity index (χ1v) is 4.83. The highest BCUT2D eigenvalue weighted by Gasteiger charge is 2.23. The number of furan rings is 1. The topological polar surface area (TPSA) is 89.2 Å². The van der Waals surface area contributed by atoms with Crippen molar-refractivity contribution >= 4 is 5.97 Å². The fourth-order valence-corrected chi connectivity index (χ4v) is 1.18. The summed E-state index contributed by atoms with van der Waals surface area (Å²) in [6.07, 6.45) is 1.20. The van der Waals surface area contributed by atoms with Crippen molar-refractivity contribution in [3.63, 3.8) is 0 Å². The molecular weight excluding hydrogens is 208 g/mol. The number of carbonyl (C=O) groups excluding carboxylic acids is 1. The van der Waals surface area contributed by atoms with Crippen LogP contribution in [0.15, 0.2) is 10.7 Å². The summed E-state index contributed by atoms with van der Waals surface area (Å²) in [7, 11) is 0. The van der Waals surface area contributed by atoms with Gasteiger partial charge in [0.05, 0.1) is 0 Å². The summed E-state index contributed by atoms with van der Waals surface area (Å²) in [5.74, 6) is -0.471. The highest BCUT2D eigenvalue weighted by Crippen LogP contribution is 2.19. The molecule has 0 saturated carbocycles. The Bertz CT molecular complexity index is 435. The lowest BCUT2D eigenvalue weighted by Gasteiger charge is -2.19. The monoisotopic (exact) mass is 222 g/mol. The second-order valence-corrected chi connectivity index (χ2v) is 4.27. The quantitative estimate of drug-likeness (QED) is 0.767. The molecule has 1 aromatic heterocycles. The molecule has 0 radical (unpaired) electrons. The highest BCUT2D eigenvalue weighted by molar-refractivity contribution is 5.91. The van der Waals surface area contributed by atoms with E-state index in [-0.39, 0.29) is 17.9 Å². The van der Waals surface area contributed by atoms with E-state index in [1.807, 2.05) is 6.07 Å². The third-order valence-electron chi connectivity index (χ3n) is 1.82. The summed E-state index contributed by atoms with van der Waals surface area (Å²) in [5, 5.41) is 8.73. The number of hydrogen-bond acceptors (Lipinski definition) is 5. The fraction of sp³-hybridized carbons (Fsp3) is 0.455. The van der Waals surface area contributed by atoms with Crippen molar-refractivity contribution in [2.24, 2.45) is 5.73 Å². The minimum absolute atomic E-state index is 0.0587. The largest absolute Gasteiger partial charge is 0.456 e. The molecule has 5 heteroatoms. The molecule has 0 aliphatic carbocycles. The second kappa shape index (κ2) is 4.37. The van der Waals surface area contributed by atoms with Gasteiger partial charge in [0.15, 0.2) is 0 Å². The van der Waals surface area contributed by atoms with Gasteiger partial charge in [-0.15, -0.1) is 0 Å². The normalized spacial score (nSPS) is 10.9. The third kappa shape index (κ3) is 2.61. The van der Waals surface area contributed by atoms with E-state index in [1.54, 1.807) is 20.8 Å². The standard InChI is InChI=1S/C11H14N2O3/c1-11(2,3)16-10(14)8-6-15-9(5-13)7(8)4-12/h6H,4,12H2,1-3H3. The molecule has 0 aliphatic rings. The van der Waals surface area contributed by atoms with Crippen LogP contribution in [0.5, 0.6) is 0 Å². The summed E-state index contributed by atoms with van der Waals surface area (Å²) in [6, 6.07) is 1.83. The predicted octanol–water partition coefficient (Wildman–Crippen LogP) is 1.57. The molecule has 0 spiro atoms. The zero-order chi connectivity index (χ0) is 12.3. The molecule has 1 rings (SSSR count). The van der Waals surface area contributed by atoms with Gasteiger partial charge in [0.1, 0.15) is 23.5 Å². The molecule has 0 atom stereocenters. The van der Waals surface area contributed by atoms with Gasteiger partial charge in [0.25, 0.3) is 0 Å². The maximum absolute atomic E-state index is 11.7. The molecule has 5 nitrogen and oxygen atoms in total. The molecule has 0 unspecified atom stereocenters. The number of rotatable bonds is 2.